The number of benzene rings is 1. The Kier molecular flexibility index (Phi) is 5.78. The van der Waals surface area contributed by atoms with Gasteiger partial charge in [-0.25, -0.2) is 0 Å². The fourth-order valence-corrected chi connectivity index (χ4v) is 2.96. The lowest BCUT2D eigenvalue weighted by molar-refractivity contribution is -0.125. The Labute approximate surface area is 147 Å². The Hall–Kier alpha value is -2.25. The molecule has 7 heteroatoms. The Morgan fingerprint density at radius 1 is 1.28 bits per heavy atom. The van der Waals surface area contributed by atoms with Gasteiger partial charge in [-0.2, -0.15) is 0 Å². The van der Waals surface area contributed by atoms with Crippen molar-refractivity contribution in [2.45, 2.75) is 32.4 Å². The van der Waals surface area contributed by atoms with Crippen LogP contribution >= 0.6 is 0 Å². The third-order valence-corrected chi connectivity index (χ3v) is 4.35. The smallest absolute Gasteiger partial charge is 0.247 e. The summed E-state index contributed by atoms with van der Waals surface area (Å²) in [5, 5.41) is 11.3. The summed E-state index contributed by atoms with van der Waals surface area (Å²) in [6.45, 7) is 4.58. The number of ether oxygens (including phenoxy) is 1. The molecule has 0 unspecified atom stereocenters. The van der Waals surface area contributed by atoms with E-state index in [0.717, 1.165) is 31.5 Å². The highest BCUT2D eigenvalue weighted by molar-refractivity contribution is 5.77. The number of hydrogen-bond donors (Lipinski definition) is 1. The molecular weight excluding hydrogens is 320 g/mol. The lowest BCUT2D eigenvalue weighted by Gasteiger charge is -2.31. The molecule has 0 radical (unpaired) electrons. The summed E-state index contributed by atoms with van der Waals surface area (Å²) in [7, 11) is 1.53. The van der Waals surface area contributed by atoms with E-state index in [2.05, 4.69) is 20.4 Å². The number of likely N-dealkylation sites (tertiary alicyclic amines) is 1. The van der Waals surface area contributed by atoms with Gasteiger partial charge in [-0.1, -0.05) is 17.7 Å². The summed E-state index contributed by atoms with van der Waals surface area (Å²) in [4.78, 5) is 13.8. The zero-order valence-corrected chi connectivity index (χ0v) is 14.7. The Bertz CT molecular complexity index is 691. The van der Waals surface area contributed by atoms with E-state index >= 15 is 0 Å². The Morgan fingerprint density at radius 2 is 2.00 bits per heavy atom. The molecule has 1 saturated heterocycles. The van der Waals surface area contributed by atoms with Gasteiger partial charge >= 0.3 is 0 Å². The molecule has 1 aliphatic rings. The summed E-state index contributed by atoms with van der Waals surface area (Å²) in [6.07, 6.45) is 1.82. The molecule has 134 valence electrons. The van der Waals surface area contributed by atoms with E-state index in [4.69, 9.17) is 9.15 Å². The maximum absolute atomic E-state index is 11.6. The van der Waals surface area contributed by atoms with Crippen LogP contribution in [0.1, 0.15) is 24.3 Å². The van der Waals surface area contributed by atoms with Crippen molar-refractivity contribution in [2.24, 2.45) is 0 Å². The first-order valence-electron chi connectivity index (χ1n) is 8.54. The summed E-state index contributed by atoms with van der Waals surface area (Å²) in [5.74, 6) is 1.12. The van der Waals surface area contributed by atoms with Gasteiger partial charge in [0.2, 0.25) is 17.7 Å². The van der Waals surface area contributed by atoms with Gasteiger partial charge in [0.1, 0.15) is 6.61 Å². The molecule has 2 heterocycles. The number of aryl methyl sites for hydroxylation is 1. The molecule has 1 aromatic heterocycles. The van der Waals surface area contributed by atoms with Crippen LogP contribution in [-0.4, -0.2) is 53.9 Å². The largest absolute Gasteiger partial charge is 0.419 e. The second kappa shape index (κ2) is 8.22. The minimum absolute atomic E-state index is 0.0550. The number of carbonyl (C=O) groups is 1. The molecule has 0 aliphatic carbocycles. The Morgan fingerprint density at radius 3 is 2.68 bits per heavy atom. The van der Waals surface area contributed by atoms with Gasteiger partial charge in [-0.3, -0.25) is 9.69 Å². The van der Waals surface area contributed by atoms with E-state index in [9.17, 15) is 4.79 Å². The van der Waals surface area contributed by atoms with Gasteiger partial charge in [0.05, 0.1) is 6.54 Å². The lowest BCUT2D eigenvalue weighted by atomic mass is 10.1. The number of amides is 1. The van der Waals surface area contributed by atoms with E-state index < -0.39 is 0 Å². The van der Waals surface area contributed by atoms with Crippen LogP contribution in [0, 0.1) is 6.92 Å². The summed E-state index contributed by atoms with van der Waals surface area (Å²) < 4.78 is 10.6. The zero-order valence-electron chi connectivity index (χ0n) is 14.7. The van der Waals surface area contributed by atoms with E-state index in [1.165, 1.54) is 12.7 Å². The average Bonchev–Trinajstić information content (AvgIpc) is 3.06. The summed E-state index contributed by atoms with van der Waals surface area (Å²) in [5.41, 5.74) is 2.13. The maximum atomic E-state index is 11.6. The number of hydrogen-bond acceptors (Lipinski definition) is 6. The van der Waals surface area contributed by atoms with E-state index in [-0.39, 0.29) is 18.6 Å². The molecule has 7 nitrogen and oxygen atoms in total. The molecule has 1 N–H and O–H groups in total. The third kappa shape index (κ3) is 4.87. The van der Waals surface area contributed by atoms with Gasteiger partial charge in [-0.15, -0.1) is 10.2 Å². The van der Waals surface area contributed by atoms with Crippen LogP contribution in [0.5, 0.6) is 0 Å². The molecule has 0 bridgehead atoms. The molecule has 25 heavy (non-hydrogen) atoms. The monoisotopic (exact) mass is 344 g/mol. The average molecular weight is 344 g/mol. The van der Waals surface area contributed by atoms with Crippen LogP contribution in [0.15, 0.2) is 28.7 Å². The zero-order chi connectivity index (χ0) is 17.6. The van der Waals surface area contributed by atoms with Crippen LogP contribution < -0.4 is 5.32 Å². The predicted molar refractivity (Wildman–Crippen MR) is 92.8 cm³/mol. The van der Waals surface area contributed by atoms with Crippen LogP contribution in [0.2, 0.25) is 0 Å². The first-order valence-corrected chi connectivity index (χ1v) is 8.54. The van der Waals surface area contributed by atoms with Crippen LogP contribution in [0.4, 0.5) is 0 Å². The van der Waals surface area contributed by atoms with Crippen LogP contribution in [0.3, 0.4) is 0 Å². The first-order chi connectivity index (χ1) is 12.1. The van der Waals surface area contributed by atoms with Gasteiger partial charge in [0.25, 0.3) is 0 Å². The van der Waals surface area contributed by atoms with E-state index in [1.807, 2.05) is 31.2 Å². The quantitative estimate of drug-likeness (QED) is 0.860. The van der Waals surface area contributed by atoms with Crippen molar-refractivity contribution >= 4 is 5.91 Å². The molecule has 0 atom stereocenters. The number of rotatable bonds is 6. The maximum Gasteiger partial charge on any atom is 0.247 e. The van der Waals surface area contributed by atoms with Crippen molar-refractivity contribution in [3.63, 3.8) is 0 Å². The van der Waals surface area contributed by atoms with Crippen molar-refractivity contribution in [3.8, 4) is 11.5 Å². The predicted octanol–water partition coefficient (Wildman–Crippen LogP) is 1.77. The fraction of sp³-hybridized carbons (Fsp3) is 0.500. The van der Waals surface area contributed by atoms with E-state index in [1.54, 1.807) is 0 Å². The van der Waals surface area contributed by atoms with Crippen LogP contribution in [0.25, 0.3) is 11.5 Å². The van der Waals surface area contributed by atoms with Crippen molar-refractivity contribution in [3.05, 3.63) is 35.7 Å². The minimum Gasteiger partial charge on any atom is -0.419 e. The molecule has 0 spiro atoms. The molecule has 0 saturated carbocycles. The Balaban J connectivity index is 1.49. The van der Waals surface area contributed by atoms with Gasteiger partial charge in [0, 0.05) is 31.8 Å². The normalized spacial score (nSPS) is 16.1. The number of nitrogens with one attached hydrogen (secondary N) is 1. The fourth-order valence-electron chi connectivity index (χ4n) is 2.96. The highest BCUT2D eigenvalue weighted by Crippen LogP contribution is 2.20. The lowest BCUT2D eigenvalue weighted by Crippen LogP contribution is -2.45. The highest BCUT2D eigenvalue weighted by atomic mass is 16.5. The van der Waals surface area contributed by atoms with Crippen molar-refractivity contribution in [2.75, 3.05) is 26.8 Å². The van der Waals surface area contributed by atoms with Gasteiger partial charge < -0.3 is 14.5 Å². The topological polar surface area (TPSA) is 80.5 Å². The third-order valence-electron chi connectivity index (χ3n) is 4.35. The molecule has 1 aromatic carbocycles. The number of piperidine rings is 1. The van der Waals surface area contributed by atoms with Gasteiger partial charge in [-0.05, 0) is 31.9 Å². The number of aromatic nitrogens is 2. The molecule has 3 rings (SSSR count). The molecule has 1 fully saturated rings. The first kappa shape index (κ1) is 17.6. The standard InChI is InChI=1S/C18H24N4O3/c1-13-3-5-14(6-4-13)18-21-20-17(25-18)11-22-9-7-15(8-10-22)19-16(23)12-24-2/h3-6,15H,7-12H2,1-2H3,(H,19,23). The molecular formula is C18H24N4O3. The van der Waals surface area contributed by atoms with Crippen molar-refractivity contribution in [1.82, 2.24) is 20.4 Å². The second-order valence-corrected chi connectivity index (χ2v) is 6.42. The molecule has 1 aliphatic heterocycles. The molecule has 2 aromatic rings. The van der Waals surface area contributed by atoms with Crippen molar-refractivity contribution < 1.29 is 13.9 Å². The molecule has 1 amide bonds. The number of methoxy groups -OCH3 is 1. The summed E-state index contributed by atoms with van der Waals surface area (Å²) >= 11 is 0. The minimum atomic E-state index is -0.0550. The van der Waals surface area contributed by atoms with Crippen LogP contribution in [-0.2, 0) is 16.1 Å². The summed E-state index contributed by atoms with van der Waals surface area (Å²) in [6, 6.07) is 8.25. The highest BCUT2D eigenvalue weighted by Gasteiger charge is 2.22. The number of nitrogens with zero attached hydrogens (tertiary/aromatic N) is 3. The SMILES string of the molecule is COCC(=O)NC1CCN(Cc2nnc(-c3ccc(C)cc3)o2)CC1. The second-order valence-electron chi connectivity index (χ2n) is 6.42. The van der Waals surface area contributed by atoms with Gasteiger partial charge in [0.15, 0.2) is 0 Å². The van der Waals surface area contributed by atoms with Crippen molar-refractivity contribution in [1.29, 1.82) is 0 Å². The van der Waals surface area contributed by atoms with E-state index in [0.29, 0.717) is 18.3 Å². The number of carbonyl (C=O) groups excluding carboxylic acids is 1.